The molecule has 0 bridgehead atoms. The molecule has 2 atom stereocenters. The van der Waals surface area contributed by atoms with Crippen molar-refractivity contribution < 1.29 is 14.7 Å². The molecule has 2 saturated carbocycles. The average molecular weight is 301 g/mol. The molecule has 0 saturated heterocycles. The van der Waals surface area contributed by atoms with E-state index in [1.165, 1.54) is 18.4 Å². The third-order valence-electron chi connectivity index (χ3n) is 4.89. The van der Waals surface area contributed by atoms with Gasteiger partial charge in [-0.1, -0.05) is 30.7 Å². The molecule has 2 unspecified atom stereocenters. The van der Waals surface area contributed by atoms with Crippen molar-refractivity contribution in [3.63, 3.8) is 0 Å². The van der Waals surface area contributed by atoms with Crippen LogP contribution in [-0.4, -0.2) is 17.0 Å². The number of carboxylic acids is 1. The van der Waals surface area contributed by atoms with Crippen molar-refractivity contribution in [2.45, 2.75) is 51.0 Å². The van der Waals surface area contributed by atoms with Crippen molar-refractivity contribution in [1.29, 1.82) is 0 Å². The first-order valence-corrected chi connectivity index (χ1v) is 8.23. The Kier molecular flexibility index (Phi) is 4.46. The number of nitrogens with one attached hydrogen (secondary N) is 1. The van der Waals surface area contributed by atoms with E-state index in [0.29, 0.717) is 19.4 Å². The van der Waals surface area contributed by atoms with E-state index in [0.717, 1.165) is 24.3 Å². The maximum atomic E-state index is 12.2. The third kappa shape index (κ3) is 3.67. The van der Waals surface area contributed by atoms with Crippen LogP contribution in [0.5, 0.6) is 0 Å². The van der Waals surface area contributed by atoms with Gasteiger partial charge in [0.05, 0.1) is 5.92 Å². The number of aliphatic carboxylic acids is 1. The Labute approximate surface area is 130 Å². The van der Waals surface area contributed by atoms with Gasteiger partial charge in [-0.2, -0.15) is 0 Å². The largest absolute Gasteiger partial charge is 0.481 e. The molecule has 2 fully saturated rings. The topological polar surface area (TPSA) is 66.4 Å². The Morgan fingerprint density at radius 3 is 2.36 bits per heavy atom. The normalized spacial score (nSPS) is 24.7. The molecule has 118 valence electrons. The van der Waals surface area contributed by atoms with Crippen molar-refractivity contribution in [1.82, 2.24) is 5.32 Å². The van der Waals surface area contributed by atoms with Gasteiger partial charge in [-0.25, -0.2) is 0 Å². The van der Waals surface area contributed by atoms with Crippen LogP contribution in [-0.2, 0) is 16.1 Å². The molecule has 0 radical (unpaired) electrons. The first-order valence-electron chi connectivity index (χ1n) is 8.23. The lowest BCUT2D eigenvalue weighted by atomic mass is 9.81. The van der Waals surface area contributed by atoms with Crippen LogP contribution in [0.25, 0.3) is 0 Å². The minimum Gasteiger partial charge on any atom is -0.481 e. The van der Waals surface area contributed by atoms with Crippen LogP contribution < -0.4 is 5.32 Å². The predicted molar refractivity (Wildman–Crippen MR) is 83.3 cm³/mol. The standard InChI is InChI=1S/C18H23NO3/c20-17(15-2-1-3-16(10-15)18(21)22)19-11-12-4-6-13(7-5-12)14-8-9-14/h4-7,14-16H,1-3,8-11H2,(H,19,20)(H,21,22). The van der Waals surface area contributed by atoms with Crippen molar-refractivity contribution >= 4 is 11.9 Å². The highest BCUT2D eigenvalue weighted by Gasteiger charge is 2.30. The summed E-state index contributed by atoms with van der Waals surface area (Å²) in [6.07, 6.45) is 5.38. The van der Waals surface area contributed by atoms with Crippen LogP contribution in [0.1, 0.15) is 55.6 Å². The maximum Gasteiger partial charge on any atom is 0.306 e. The van der Waals surface area contributed by atoms with Gasteiger partial charge in [0.1, 0.15) is 0 Å². The van der Waals surface area contributed by atoms with E-state index in [1.807, 2.05) is 0 Å². The average Bonchev–Trinajstić information content (AvgIpc) is 3.38. The molecular formula is C18H23NO3. The van der Waals surface area contributed by atoms with Gasteiger partial charge in [0.25, 0.3) is 0 Å². The highest BCUT2D eigenvalue weighted by atomic mass is 16.4. The summed E-state index contributed by atoms with van der Waals surface area (Å²) in [5.74, 6) is -0.535. The Balaban J connectivity index is 1.49. The van der Waals surface area contributed by atoms with Crippen LogP contribution >= 0.6 is 0 Å². The molecule has 1 amide bonds. The Morgan fingerprint density at radius 2 is 1.73 bits per heavy atom. The molecule has 0 spiro atoms. The molecule has 0 aliphatic heterocycles. The van der Waals surface area contributed by atoms with E-state index < -0.39 is 5.97 Å². The summed E-state index contributed by atoms with van der Waals surface area (Å²) < 4.78 is 0. The van der Waals surface area contributed by atoms with Gasteiger partial charge < -0.3 is 10.4 Å². The zero-order valence-electron chi connectivity index (χ0n) is 12.8. The molecular weight excluding hydrogens is 278 g/mol. The molecule has 1 aromatic carbocycles. The van der Waals surface area contributed by atoms with E-state index in [9.17, 15) is 9.59 Å². The maximum absolute atomic E-state index is 12.2. The van der Waals surface area contributed by atoms with Crippen molar-refractivity contribution in [3.8, 4) is 0 Å². The highest BCUT2D eigenvalue weighted by molar-refractivity contribution is 5.80. The first kappa shape index (κ1) is 15.1. The Bertz CT molecular complexity index is 548. The molecule has 2 aliphatic carbocycles. The fraction of sp³-hybridized carbons (Fsp3) is 0.556. The van der Waals surface area contributed by atoms with Gasteiger partial charge >= 0.3 is 5.97 Å². The molecule has 3 rings (SSSR count). The molecule has 1 aromatic rings. The molecule has 22 heavy (non-hydrogen) atoms. The minimum absolute atomic E-state index is 0.00257. The van der Waals surface area contributed by atoms with Crippen LogP contribution in [0.3, 0.4) is 0 Å². The summed E-state index contributed by atoms with van der Waals surface area (Å²) in [5.41, 5.74) is 2.50. The first-order chi connectivity index (χ1) is 10.6. The lowest BCUT2D eigenvalue weighted by Gasteiger charge is -2.25. The predicted octanol–water partition coefficient (Wildman–Crippen LogP) is 3.07. The van der Waals surface area contributed by atoms with E-state index in [2.05, 4.69) is 29.6 Å². The summed E-state index contributed by atoms with van der Waals surface area (Å²) >= 11 is 0. The van der Waals surface area contributed by atoms with Crippen LogP contribution in [0.15, 0.2) is 24.3 Å². The van der Waals surface area contributed by atoms with Crippen LogP contribution in [0, 0.1) is 11.8 Å². The minimum atomic E-state index is -0.770. The molecule has 2 aliphatic rings. The third-order valence-corrected chi connectivity index (χ3v) is 4.89. The van der Waals surface area contributed by atoms with Crippen LogP contribution in [0.2, 0.25) is 0 Å². The van der Waals surface area contributed by atoms with Gasteiger partial charge in [-0.15, -0.1) is 0 Å². The van der Waals surface area contributed by atoms with Crippen LogP contribution in [0.4, 0.5) is 0 Å². The van der Waals surface area contributed by atoms with E-state index in [4.69, 9.17) is 5.11 Å². The second-order valence-corrected chi connectivity index (χ2v) is 6.63. The second-order valence-electron chi connectivity index (χ2n) is 6.63. The summed E-state index contributed by atoms with van der Waals surface area (Å²) in [7, 11) is 0. The van der Waals surface area contributed by atoms with E-state index in [1.54, 1.807) is 0 Å². The van der Waals surface area contributed by atoms with E-state index >= 15 is 0 Å². The number of carbonyl (C=O) groups excluding carboxylic acids is 1. The smallest absolute Gasteiger partial charge is 0.306 e. The second kappa shape index (κ2) is 6.51. The van der Waals surface area contributed by atoms with Gasteiger partial charge in [0.2, 0.25) is 5.91 Å². The van der Waals surface area contributed by atoms with Gasteiger partial charge in [0, 0.05) is 12.5 Å². The fourth-order valence-corrected chi connectivity index (χ4v) is 3.31. The molecule has 0 aromatic heterocycles. The Hall–Kier alpha value is -1.84. The number of hydrogen-bond donors (Lipinski definition) is 2. The summed E-state index contributed by atoms with van der Waals surface area (Å²) in [6.45, 7) is 0.526. The number of rotatable bonds is 5. The van der Waals surface area contributed by atoms with Gasteiger partial charge in [-0.05, 0) is 49.1 Å². The van der Waals surface area contributed by atoms with E-state index in [-0.39, 0.29) is 17.7 Å². The quantitative estimate of drug-likeness (QED) is 0.878. The summed E-state index contributed by atoms with van der Waals surface area (Å²) in [5, 5.41) is 12.1. The summed E-state index contributed by atoms with van der Waals surface area (Å²) in [6, 6.07) is 8.46. The van der Waals surface area contributed by atoms with Crippen molar-refractivity contribution in [2.75, 3.05) is 0 Å². The SMILES string of the molecule is O=C(O)C1CCCC(C(=O)NCc2ccc(C3CC3)cc2)C1. The monoisotopic (exact) mass is 301 g/mol. The molecule has 2 N–H and O–H groups in total. The van der Waals surface area contributed by atoms with Crippen molar-refractivity contribution in [3.05, 3.63) is 35.4 Å². The number of benzene rings is 1. The number of amides is 1. The lowest BCUT2D eigenvalue weighted by Crippen LogP contribution is -2.35. The molecule has 4 heteroatoms. The number of carbonyl (C=O) groups is 2. The van der Waals surface area contributed by atoms with Gasteiger partial charge in [0.15, 0.2) is 0 Å². The van der Waals surface area contributed by atoms with Crippen molar-refractivity contribution in [2.24, 2.45) is 11.8 Å². The zero-order chi connectivity index (χ0) is 15.5. The molecule has 4 nitrogen and oxygen atoms in total. The lowest BCUT2D eigenvalue weighted by molar-refractivity contribution is -0.144. The zero-order valence-corrected chi connectivity index (χ0v) is 12.8. The summed E-state index contributed by atoms with van der Waals surface area (Å²) in [4.78, 5) is 23.3. The van der Waals surface area contributed by atoms with Gasteiger partial charge in [-0.3, -0.25) is 9.59 Å². The highest BCUT2D eigenvalue weighted by Crippen LogP contribution is 2.39. The fourth-order valence-electron chi connectivity index (χ4n) is 3.31. The number of hydrogen-bond acceptors (Lipinski definition) is 2. The Morgan fingerprint density at radius 1 is 1.05 bits per heavy atom. The molecule has 0 heterocycles. The number of carboxylic acid groups (broad SMARTS) is 1.